The number of amides is 2. The fourth-order valence-electron chi connectivity index (χ4n) is 6.15. The van der Waals surface area contributed by atoms with Gasteiger partial charge in [0, 0.05) is 41.4 Å². The Balaban J connectivity index is 1.24. The van der Waals surface area contributed by atoms with Crippen LogP contribution in [0.1, 0.15) is 34.5 Å². The van der Waals surface area contributed by atoms with Crippen molar-refractivity contribution in [3.63, 3.8) is 0 Å². The number of nitrogens with zero attached hydrogens (tertiary/aromatic N) is 4. The number of fused-ring (bicyclic) bond motifs is 2. The summed E-state index contributed by atoms with van der Waals surface area (Å²) in [4.78, 5) is 37.2. The highest BCUT2D eigenvalue weighted by molar-refractivity contribution is 6.07. The maximum Gasteiger partial charge on any atom is 0.418 e. The van der Waals surface area contributed by atoms with Crippen molar-refractivity contribution in [2.24, 2.45) is 0 Å². The number of hydrogen-bond donors (Lipinski definition) is 3. The van der Waals surface area contributed by atoms with Crippen LogP contribution in [0.5, 0.6) is 17.5 Å². The minimum atomic E-state index is -0.888. The predicted octanol–water partition coefficient (Wildman–Crippen LogP) is 6.50. The maximum absolute atomic E-state index is 14.0. The summed E-state index contributed by atoms with van der Waals surface area (Å²) < 4.78 is 26.5. The van der Waals surface area contributed by atoms with E-state index >= 15 is 0 Å². The van der Waals surface area contributed by atoms with E-state index in [-0.39, 0.29) is 29.5 Å². The molecule has 3 heterocycles. The van der Waals surface area contributed by atoms with E-state index in [9.17, 15) is 14.0 Å². The lowest BCUT2D eigenvalue weighted by Crippen LogP contribution is -2.43. The molecule has 0 radical (unpaired) electrons. The third-order valence-corrected chi connectivity index (χ3v) is 8.73. The SMILES string of the molecule is CN1CCC(NC(=O)c2cc3ccc(C(=N)NC(=O)Oc4ccc(F)cc4)cc3n2Cc2cc(Oc3ncccn3)cc3ccccc23)CC1. The van der Waals surface area contributed by atoms with Crippen molar-refractivity contribution < 1.29 is 23.5 Å². The first kappa shape index (κ1) is 32.4. The fourth-order valence-corrected chi connectivity index (χ4v) is 6.15. The number of carbonyl (C=O) groups is 2. The van der Waals surface area contributed by atoms with Gasteiger partial charge >= 0.3 is 12.1 Å². The minimum absolute atomic E-state index is 0.0497. The molecule has 12 heteroatoms. The van der Waals surface area contributed by atoms with Gasteiger partial charge in [-0.25, -0.2) is 19.2 Å². The van der Waals surface area contributed by atoms with Crippen LogP contribution in [0.25, 0.3) is 21.7 Å². The average Bonchev–Trinajstić information content (AvgIpc) is 3.48. The average molecular weight is 672 g/mol. The van der Waals surface area contributed by atoms with E-state index in [0.717, 1.165) is 47.7 Å². The summed E-state index contributed by atoms with van der Waals surface area (Å²) in [7, 11) is 2.08. The molecule has 6 aromatic rings. The first-order valence-corrected chi connectivity index (χ1v) is 16.2. The van der Waals surface area contributed by atoms with Crippen molar-refractivity contribution in [2.75, 3.05) is 20.1 Å². The van der Waals surface area contributed by atoms with Crippen LogP contribution < -0.4 is 20.1 Å². The van der Waals surface area contributed by atoms with Crippen molar-refractivity contribution >= 4 is 39.5 Å². The first-order valence-electron chi connectivity index (χ1n) is 16.2. The molecule has 0 aliphatic carbocycles. The highest BCUT2D eigenvalue weighted by Crippen LogP contribution is 2.31. The molecule has 252 valence electrons. The second-order valence-corrected chi connectivity index (χ2v) is 12.2. The lowest BCUT2D eigenvalue weighted by atomic mass is 10.0. The molecule has 11 nitrogen and oxygen atoms in total. The molecule has 0 atom stereocenters. The van der Waals surface area contributed by atoms with Gasteiger partial charge in [0.15, 0.2) is 0 Å². The van der Waals surface area contributed by atoms with Crippen LogP contribution in [-0.2, 0) is 6.54 Å². The van der Waals surface area contributed by atoms with Crippen LogP contribution in [0.15, 0.2) is 103 Å². The van der Waals surface area contributed by atoms with Crippen LogP contribution in [0.2, 0.25) is 0 Å². The molecule has 3 N–H and O–H groups in total. The second-order valence-electron chi connectivity index (χ2n) is 12.2. The summed E-state index contributed by atoms with van der Waals surface area (Å²) in [6, 6.07) is 25.9. The van der Waals surface area contributed by atoms with Crippen LogP contribution in [0.4, 0.5) is 9.18 Å². The van der Waals surface area contributed by atoms with Crippen LogP contribution in [0.3, 0.4) is 0 Å². The summed E-state index contributed by atoms with van der Waals surface area (Å²) in [5.41, 5.74) is 2.45. The molecule has 2 amide bonds. The minimum Gasteiger partial charge on any atom is -0.424 e. The molecule has 1 aliphatic rings. The van der Waals surface area contributed by atoms with Gasteiger partial charge in [-0.15, -0.1) is 0 Å². The van der Waals surface area contributed by atoms with E-state index in [1.807, 2.05) is 53.1 Å². The molecule has 0 saturated carbocycles. The predicted molar refractivity (Wildman–Crippen MR) is 187 cm³/mol. The van der Waals surface area contributed by atoms with Crippen LogP contribution >= 0.6 is 0 Å². The zero-order valence-electron chi connectivity index (χ0n) is 27.2. The Bertz CT molecular complexity index is 2200. The number of piperidine rings is 1. The normalized spacial score (nSPS) is 13.6. The summed E-state index contributed by atoms with van der Waals surface area (Å²) in [6.45, 7) is 2.10. The monoisotopic (exact) mass is 671 g/mol. The van der Waals surface area contributed by atoms with E-state index in [4.69, 9.17) is 14.9 Å². The molecule has 7 rings (SSSR count). The number of aromatic nitrogens is 3. The van der Waals surface area contributed by atoms with E-state index in [1.54, 1.807) is 30.6 Å². The van der Waals surface area contributed by atoms with Gasteiger partial charge < -0.3 is 24.3 Å². The third kappa shape index (κ3) is 7.30. The van der Waals surface area contributed by atoms with Crippen LogP contribution in [0, 0.1) is 11.2 Å². The number of halogens is 1. The van der Waals surface area contributed by atoms with E-state index in [0.29, 0.717) is 29.1 Å². The number of nitrogens with one attached hydrogen (secondary N) is 3. The van der Waals surface area contributed by atoms with Crippen molar-refractivity contribution in [1.29, 1.82) is 5.41 Å². The number of amidine groups is 1. The number of rotatable bonds is 8. The maximum atomic E-state index is 14.0. The Morgan fingerprint density at radius 1 is 0.900 bits per heavy atom. The molecule has 4 aromatic carbocycles. The Labute approximate surface area is 287 Å². The quantitative estimate of drug-likeness (QED) is 0.124. The summed E-state index contributed by atoms with van der Waals surface area (Å²) in [5, 5.41) is 17.1. The largest absolute Gasteiger partial charge is 0.424 e. The molecule has 50 heavy (non-hydrogen) atoms. The Kier molecular flexibility index (Phi) is 9.17. The van der Waals surface area contributed by atoms with Crippen molar-refractivity contribution in [1.82, 2.24) is 30.1 Å². The number of benzene rings is 4. The van der Waals surface area contributed by atoms with Gasteiger partial charge in [0.25, 0.3) is 5.91 Å². The Hall–Kier alpha value is -6.14. The number of likely N-dealkylation sites (tertiary alicyclic amines) is 1. The lowest BCUT2D eigenvalue weighted by Gasteiger charge is -2.29. The molecule has 0 bridgehead atoms. The second kappa shape index (κ2) is 14.1. The van der Waals surface area contributed by atoms with Gasteiger partial charge in [-0.3, -0.25) is 15.5 Å². The molecular weight excluding hydrogens is 637 g/mol. The summed E-state index contributed by atoms with van der Waals surface area (Å²) in [5.74, 6) is -0.169. The summed E-state index contributed by atoms with van der Waals surface area (Å²) >= 11 is 0. The van der Waals surface area contributed by atoms with Crippen molar-refractivity contribution in [2.45, 2.75) is 25.4 Å². The Morgan fingerprint density at radius 2 is 1.66 bits per heavy atom. The zero-order valence-corrected chi connectivity index (χ0v) is 27.2. The molecular formula is C38H34FN7O4. The smallest absolute Gasteiger partial charge is 0.418 e. The van der Waals surface area contributed by atoms with E-state index in [1.165, 1.54) is 24.3 Å². The molecule has 2 aromatic heterocycles. The van der Waals surface area contributed by atoms with Gasteiger partial charge in [0.05, 0.1) is 0 Å². The van der Waals surface area contributed by atoms with E-state index in [2.05, 4.69) is 32.5 Å². The van der Waals surface area contributed by atoms with Crippen molar-refractivity contribution in [3.8, 4) is 17.5 Å². The molecule has 0 unspecified atom stereocenters. The Morgan fingerprint density at radius 3 is 2.44 bits per heavy atom. The highest BCUT2D eigenvalue weighted by Gasteiger charge is 2.23. The highest BCUT2D eigenvalue weighted by atomic mass is 19.1. The fraction of sp³-hybridized carbons (Fsp3) is 0.184. The molecule has 1 aliphatic heterocycles. The third-order valence-electron chi connectivity index (χ3n) is 8.73. The van der Waals surface area contributed by atoms with E-state index < -0.39 is 11.9 Å². The first-order chi connectivity index (χ1) is 24.3. The molecule has 0 spiro atoms. The van der Waals surface area contributed by atoms with Gasteiger partial charge in [-0.05, 0) is 104 Å². The molecule has 1 saturated heterocycles. The van der Waals surface area contributed by atoms with Crippen LogP contribution in [-0.4, -0.2) is 63.5 Å². The van der Waals surface area contributed by atoms with Gasteiger partial charge in [-0.1, -0.05) is 36.4 Å². The number of carbonyl (C=O) groups excluding carboxylic acids is 2. The summed E-state index contributed by atoms with van der Waals surface area (Å²) in [6.07, 6.45) is 4.04. The van der Waals surface area contributed by atoms with Crippen molar-refractivity contribution in [3.05, 3.63) is 126 Å². The lowest BCUT2D eigenvalue weighted by molar-refractivity contribution is 0.0908. The number of hydrogen-bond acceptors (Lipinski definition) is 8. The molecule has 1 fully saturated rings. The van der Waals surface area contributed by atoms with Gasteiger partial charge in [-0.2, -0.15) is 0 Å². The zero-order chi connectivity index (χ0) is 34.6. The van der Waals surface area contributed by atoms with Gasteiger partial charge in [0.2, 0.25) is 0 Å². The topological polar surface area (TPSA) is 134 Å². The van der Waals surface area contributed by atoms with Gasteiger partial charge in [0.1, 0.15) is 28.8 Å². The number of ether oxygens (including phenoxy) is 2. The standard InChI is InChI=1S/C38H34FN7O4/c1-45-17-13-29(14-18-45)43-36(47)34-21-25-7-8-26(35(40)44-38(48)50-30-11-9-28(39)10-12-30)22-33(25)46(34)23-27-20-31(49-37-41-15-4-16-42-37)19-24-5-2-3-6-32(24)27/h2-12,15-16,19-22,29H,13-14,17-18,23H2,1H3,(H,43,47)(H2,40,44,48).